The summed E-state index contributed by atoms with van der Waals surface area (Å²) in [5.74, 6) is -0.567. The average molecular weight is 312 g/mol. The van der Waals surface area contributed by atoms with Crippen LogP contribution in [0.15, 0.2) is 11.1 Å². The maximum absolute atomic E-state index is 12.0. The minimum atomic E-state index is -0.490. The number of hydrogen-bond donors (Lipinski definition) is 1. The van der Waals surface area contributed by atoms with Gasteiger partial charge in [-0.05, 0) is 19.8 Å². The molecule has 0 unspecified atom stereocenters. The van der Waals surface area contributed by atoms with Gasteiger partial charge in [-0.25, -0.2) is 4.79 Å². The molecule has 0 aromatic rings. The summed E-state index contributed by atoms with van der Waals surface area (Å²) in [6.45, 7) is 1.97. The summed E-state index contributed by atoms with van der Waals surface area (Å²) in [4.78, 5) is 36.6. The van der Waals surface area contributed by atoms with Gasteiger partial charge in [-0.1, -0.05) is 24.6 Å². The molecule has 0 spiro atoms. The molecule has 1 heterocycles. The first-order valence-electron chi connectivity index (χ1n) is 7.21. The minimum Gasteiger partial charge on any atom is -0.463 e. The van der Waals surface area contributed by atoms with Crippen molar-refractivity contribution >= 4 is 29.5 Å². The summed E-state index contributed by atoms with van der Waals surface area (Å²) in [5.41, 5.74) is 0. The molecule has 2 rings (SSSR count). The van der Waals surface area contributed by atoms with Crippen LogP contribution in [0.4, 0.5) is 0 Å². The third-order valence-electron chi connectivity index (χ3n) is 3.46. The van der Waals surface area contributed by atoms with Crippen molar-refractivity contribution in [2.75, 3.05) is 18.9 Å². The van der Waals surface area contributed by atoms with Crippen LogP contribution in [-0.2, 0) is 19.1 Å². The quantitative estimate of drug-likeness (QED) is 0.606. The summed E-state index contributed by atoms with van der Waals surface area (Å²) in [6, 6.07) is 0.223. The van der Waals surface area contributed by atoms with E-state index in [1.54, 1.807) is 6.92 Å². The van der Waals surface area contributed by atoms with Gasteiger partial charge in [0.15, 0.2) is 0 Å². The van der Waals surface area contributed by atoms with E-state index in [-0.39, 0.29) is 36.8 Å². The van der Waals surface area contributed by atoms with Crippen molar-refractivity contribution in [3.63, 3.8) is 0 Å². The predicted molar refractivity (Wildman–Crippen MR) is 79.3 cm³/mol. The largest absolute Gasteiger partial charge is 0.463 e. The second-order valence-electron chi connectivity index (χ2n) is 5.05. The number of carbonyl (C=O) groups excluding carboxylic acids is 3. The summed E-state index contributed by atoms with van der Waals surface area (Å²) < 4.78 is 4.83. The maximum Gasteiger partial charge on any atom is 0.333 e. The van der Waals surface area contributed by atoms with Gasteiger partial charge in [0.1, 0.15) is 6.54 Å². The van der Waals surface area contributed by atoms with Gasteiger partial charge in [0, 0.05) is 6.04 Å². The van der Waals surface area contributed by atoms with E-state index in [1.165, 1.54) is 22.7 Å². The zero-order chi connectivity index (χ0) is 15.2. The first-order chi connectivity index (χ1) is 10.1. The number of ether oxygens (including phenoxy) is 1. The van der Waals surface area contributed by atoms with Gasteiger partial charge in [-0.3, -0.25) is 14.5 Å². The Morgan fingerprint density at radius 2 is 2.14 bits per heavy atom. The van der Waals surface area contributed by atoms with Gasteiger partial charge in [0.25, 0.3) is 0 Å². The molecule has 1 saturated heterocycles. The van der Waals surface area contributed by atoms with Crippen LogP contribution in [-0.4, -0.2) is 47.6 Å². The lowest BCUT2D eigenvalue weighted by Gasteiger charge is -2.18. The van der Waals surface area contributed by atoms with Crippen molar-refractivity contribution in [1.29, 1.82) is 0 Å². The average Bonchev–Trinajstić information content (AvgIpc) is 3.04. The Morgan fingerprint density at radius 1 is 1.43 bits per heavy atom. The highest BCUT2D eigenvalue weighted by molar-refractivity contribution is 8.04. The molecule has 2 amide bonds. The van der Waals surface area contributed by atoms with Gasteiger partial charge in [0.2, 0.25) is 11.8 Å². The normalized spacial score (nSPS) is 21.1. The number of carbonyl (C=O) groups is 3. The molecule has 2 aliphatic rings. The van der Waals surface area contributed by atoms with Gasteiger partial charge in [-0.2, -0.15) is 0 Å². The monoisotopic (exact) mass is 312 g/mol. The Kier molecular flexibility index (Phi) is 5.67. The van der Waals surface area contributed by atoms with E-state index in [0.717, 1.165) is 25.7 Å². The van der Waals surface area contributed by atoms with Crippen molar-refractivity contribution in [3.05, 3.63) is 11.1 Å². The third-order valence-corrected chi connectivity index (χ3v) is 4.49. The Bertz CT molecular complexity index is 458. The summed E-state index contributed by atoms with van der Waals surface area (Å²) >= 11 is 1.25. The fourth-order valence-electron chi connectivity index (χ4n) is 2.47. The Labute approximate surface area is 128 Å². The van der Waals surface area contributed by atoms with Crippen molar-refractivity contribution in [3.8, 4) is 0 Å². The van der Waals surface area contributed by atoms with Crippen LogP contribution in [0, 0.1) is 0 Å². The van der Waals surface area contributed by atoms with E-state index in [0.29, 0.717) is 5.03 Å². The fourth-order valence-corrected chi connectivity index (χ4v) is 3.40. The first kappa shape index (κ1) is 15.9. The van der Waals surface area contributed by atoms with Crippen molar-refractivity contribution in [1.82, 2.24) is 10.2 Å². The van der Waals surface area contributed by atoms with Crippen LogP contribution >= 0.6 is 11.8 Å². The molecule has 0 aromatic carbocycles. The smallest absolute Gasteiger partial charge is 0.333 e. The second-order valence-corrected chi connectivity index (χ2v) is 6.05. The van der Waals surface area contributed by atoms with E-state index in [9.17, 15) is 14.4 Å². The highest BCUT2D eigenvalue weighted by Crippen LogP contribution is 2.28. The highest BCUT2D eigenvalue weighted by Gasteiger charge is 2.30. The molecular weight excluding hydrogens is 292 g/mol. The topological polar surface area (TPSA) is 75.7 Å². The molecule has 21 heavy (non-hydrogen) atoms. The molecule has 1 aliphatic heterocycles. The SMILES string of the molecule is CCOC(=O)/C=C1\SCC(=O)N1CC(=O)NC1CCCC1. The number of esters is 1. The number of nitrogens with one attached hydrogen (secondary N) is 1. The molecular formula is C14H20N2O4S. The summed E-state index contributed by atoms with van der Waals surface area (Å²) in [6.07, 6.45) is 5.55. The third kappa shape index (κ3) is 4.49. The predicted octanol–water partition coefficient (Wildman–Crippen LogP) is 1.03. The first-order valence-corrected chi connectivity index (χ1v) is 8.19. The van der Waals surface area contributed by atoms with Crippen LogP contribution in [0.2, 0.25) is 0 Å². The molecule has 0 atom stereocenters. The van der Waals surface area contributed by atoms with E-state index >= 15 is 0 Å². The van der Waals surface area contributed by atoms with Gasteiger partial charge < -0.3 is 10.1 Å². The summed E-state index contributed by atoms with van der Waals surface area (Å²) in [7, 11) is 0. The standard InChI is InChI=1S/C14H20N2O4S/c1-2-20-14(19)7-13-16(12(18)9-21-13)8-11(17)15-10-5-3-4-6-10/h7,10H,2-6,8-9H2,1H3,(H,15,17)/b13-7-. The van der Waals surface area contributed by atoms with E-state index in [4.69, 9.17) is 4.74 Å². The lowest BCUT2D eigenvalue weighted by molar-refractivity contribution is -0.137. The Balaban J connectivity index is 1.93. The van der Waals surface area contributed by atoms with Gasteiger partial charge in [-0.15, -0.1) is 0 Å². The minimum absolute atomic E-state index is 0.0342. The lowest BCUT2D eigenvalue weighted by atomic mass is 10.2. The molecule has 7 heteroatoms. The molecule has 1 N–H and O–H groups in total. The molecule has 6 nitrogen and oxygen atoms in total. The molecule has 0 bridgehead atoms. The molecule has 1 aliphatic carbocycles. The van der Waals surface area contributed by atoms with Crippen molar-refractivity contribution in [2.24, 2.45) is 0 Å². The zero-order valence-electron chi connectivity index (χ0n) is 12.1. The van der Waals surface area contributed by atoms with Crippen LogP contribution in [0.1, 0.15) is 32.6 Å². The maximum atomic E-state index is 12.0. The molecule has 0 aromatic heterocycles. The van der Waals surface area contributed by atoms with E-state index in [2.05, 4.69) is 5.32 Å². The van der Waals surface area contributed by atoms with Crippen molar-refractivity contribution in [2.45, 2.75) is 38.6 Å². The Hall–Kier alpha value is -1.50. The Morgan fingerprint density at radius 3 is 2.81 bits per heavy atom. The second kappa shape index (κ2) is 7.49. The van der Waals surface area contributed by atoms with Gasteiger partial charge in [0.05, 0.1) is 23.5 Å². The number of nitrogens with zero attached hydrogens (tertiary/aromatic N) is 1. The van der Waals surface area contributed by atoms with E-state index in [1.807, 2.05) is 0 Å². The van der Waals surface area contributed by atoms with Crippen LogP contribution in [0.25, 0.3) is 0 Å². The number of amides is 2. The van der Waals surface area contributed by atoms with Crippen LogP contribution in [0.5, 0.6) is 0 Å². The molecule has 1 saturated carbocycles. The molecule has 116 valence electrons. The number of thioether (sulfide) groups is 1. The van der Waals surface area contributed by atoms with E-state index < -0.39 is 5.97 Å². The molecule has 0 radical (unpaired) electrons. The fraction of sp³-hybridized carbons (Fsp3) is 0.643. The lowest BCUT2D eigenvalue weighted by Crippen LogP contribution is -2.41. The zero-order valence-corrected chi connectivity index (χ0v) is 12.9. The number of hydrogen-bond acceptors (Lipinski definition) is 5. The summed E-state index contributed by atoms with van der Waals surface area (Å²) in [5, 5.41) is 3.43. The van der Waals surface area contributed by atoms with Crippen LogP contribution < -0.4 is 5.32 Å². The van der Waals surface area contributed by atoms with Gasteiger partial charge >= 0.3 is 5.97 Å². The van der Waals surface area contributed by atoms with Crippen LogP contribution in [0.3, 0.4) is 0 Å². The van der Waals surface area contributed by atoms with Crippen molar-refractivity contribution < 1.29 is 19.1 Å². The highest BCUT2D eigenvalue weighted by atomic mass is 32.2. The number of rotatable bonds is 5. The molecule has 2 fully saturated rings.